The summed E-state index contributed by atoms with van der Waals surface area (Å²) in [5.74, 6) is 1.96. The van der Waals surface area contributed by atoms with Crippen LogP contribution in [0.3, 0.4) is 0 Å². The first kappa shape index (κ1) is 21.9. The van der Waals surface area contributed by atoms with Gasteiger partial charge >= 0.3 is 5.63 Å². The zero-order valence-electron chi connectivity index (χ0n) is 18.5. The van der Waals surface area contributed by atoms with Crippen molar-refractivity contribution in [2.24, 2.45) is 11.8 Å². The molecule has 0 aliphatic heterocycles. The average molecular weight is 425 g/mol. The molecule has 1 saturated carbocycles. The molecule has 1 aromatic carbocycles. The molecule has 1 heterocycles. The van der Waals surface area contributed by atoms with Crippen LogP contribution < -0.4 is 10.4 Å². The summed E-state index contributed by atoms with van der Waals surface area (Å²) in [5, 5.41) is 0.587. The van der Waals surface area contributed by atoms with E-state index in [1.54, 1.807) is 24.6 Å². The van der Waals surface area contributed by atoms with E-state index in [2.05, 4.69) is 12.7 Å². The fourth-order valence-electron chi connectivity index (χ4n) is 5.44. The van der Waals surface area contributed by atoms with E-state index >= 15 is 0 Å². The summed E-state index contributed by atoms with van der Waals surface area (Å²) in [6, 6.07) is 5.21. The second-order valence-electron chi connectivity index (χ2n) is 9.05. The van der Waals surface area contributed by atoms with Gasteiger partial charge in [-0.05, 0) is 94.1 Å². The highest BCUT2D eigenvalue weighted by Gasteiger charge is 2.30. The van der Waals surface area contributed by atoms with Gasteiger partial charge in [0.25, 0.3) is 0 Å². The Hall–Kier alpha value is -2.36. The zero-order valence-corrected chi connectivity index (χ0v) is 18.5. The lowest BCUT2D eigenvalue weighted by atomic mass is 9.71. The maximum Gasteiger partial charge on any atom is 0.346 e. The largest absolute Gasteiger partial charge is 0.491 e. The average Bonchev–Trinajstić information content (AvgIpc) is 2.80. The minimum atomic E-state index is -0.624. The van der Waals surface area contributed by atoms with Gasteiger partial charge in [-0.1, -0.05) is 23.8 Å². The Morgan fingerprint density at radius 3 is 2.68 bits per heavy atom. The van der Waals surface area contributed by atoms with E-state index in [9.17, 15) is 9.18 Å². The topological polar surface area (TPSA) is 39.4 Å². The standard InChI is InChI=1S/C27H33FO3/c1-3-5-6-18-7-9-19(10-8-18)20-11-13-21(14-12-20)24-17-22-15-16-23(30-4-2)26(28)25(22)27(29)31-24/h3,7,15-17,19-21H,1,4-6,8-14H2,2H3. The molecule has 0 N–H and O–H groups in total. The van der Waals surface area contributed by atoms with Crippen LogP contribution in [-0.2, 0) is 0 Å². The van der Waals surface area contributed by atoms with Crippen molar-refractivity contribution in [2.45, 2.75) is 70.6 Å². The van der Waals surface area contributed by atoms with Crippen LogP contribution in [0.4, 0.5) is 4.39 Å². The predicted octanol–water partition coefficient (Wildman–Crippen LogP) is 7.30. The molecule has 0 amide bonds. The van der Waals surface area contributed by atoms with Gasteiger partial charge in [-0.3, -0.25) is 0 Å². The Balaban J connectivity index is 1.42. The number of benzene rings is 1. The number of allylic oxidation sites excluding steroid dienone is 3. The number of rotatable bonds is 7. The molecule has 1 fully saturated rings. The van der Waals surface area contributed by atoms with Crippen molar-refractivity contribution in [3.05, 3.63) is 64.5 Å². The maximum absolute atomic E-state index is 14.6. The highest BCUT2D eigenvalue weighted by atomic mass is 19.1. The highest BCUT2D eigenvalue weighted by molar-refractivity contribution is 5.83. The van der Waals surface area contributed by atoms with Gasteiger partial charge in [0.05, 0.1) is 6.61 Å². The second kappa shape index (κ2) is 9.84. The molecule has 1 unspecified atom stereocenters. The molecule has 1 aromatic heterocycles. The van der Waals surface area contributed by atoms with E-state index in [0.717, 1.165) is 37.5 Å². The lowest BCUT2D eigenvalue weighted by molar-refractivity contribution is 0.206. The van der Waals surface area contributed by atoms with Gasteiger partial charge in [-0.25, -0.2) is 9.18 Å². The van der Waals surface area contributed by atoms with E-state index in [4.69, 9.17) is 9.15 Å². The van der Waals surface area contributed by atoms with Gasteiger partial charge in [0.15, 0.2) is 11.6 Å². The Morgan fingerprint density at radius 2 is 2.00 bits per heavy atom. The summed E-state index contributed by atoms with van der Waals surface area (Å²) in [4.78, 5) is 12.6. The number of fused-ring (bicyclic) bond motifs is 1. The highest BCUT2D eigenvalue weighted by Crippen LogP contribution is 2.43. The van der Waals surface area contributed by atoms with Crippen LogP contribution in [0.1, 0.15) is 76.4 Å². The fourth-order valence-corrected chi connectivity index (χ4v) is 5.44. The van der Waals surface area contributed by atoms with Gasteiger partial charge in [0.1, 0.15) is 11.1 Å². The summed E-state index contributed by atoms with van der Waals surface area (Å²) in [7, 11) is 0. The van der Waals surface area contributed by atoms with Crippen molar-refractivity contribution in [1.82, 2.24) is 0 Å². The third kappa shape index (κ3) is 4.78. The van der Waals surface area contributed by atoms with E-state index < -0.39 is 11.4 Å². The van der Waals surface area contributed by atoms with E-state index in [1.165, 1.54) is 32.1 Å². The van der Waals surface area contributed by atoms with E-state index in [1.807, 2.05) is 12.1 Å². The smallest absolute Gasteiger partial charge is 0.346 e. The summed E-state index contributed by atoms with van der Waals surface area (Å²) in [5.41, 5.74) is 1.00. The molecule has 0 radical (unpaired) electrons. The predicted molar refractivity (Wildman–Crippen MR) is 123 cm³/mol. The van der Waals surface area contributed by atoms with Crippen LogP contribution in [0.2, 0.25) is 0 Å². The quantitative estimate of drug-likeness (QED) is 0.438. The van der Waals surface area contributed by atoms with Crippen molar-refractivity contribution < 1.29 is 13.5 Å². The zero-order chi connectivity index (χ0) is 21.8. The van der Waals surface area contributed by atoms with Crippen LogP contribution in [0.5, 0.6) is 5.75 Å². The van der Waals surface area contributed by atoms with Gasteiger partial charge in [0, 0.05) is 5.92 Å². The number of hydrogen-bond acceptors (Lipinski definition) is 3. The van der Waals surface area contributed by atoms with Crippen molar-refractivity contribution in [3.8, 4) is 5.75 Å². The number of ether oxygens (including phenoxy) is 1. The lowest BCUT2D eigenvalue weighted by Gasteiger charge is -2.35. The summed E-state index contributed by atoms with van der Waals surface area (Å²) in [6.45, 7) is 5.96. The second-order valence-corrected chi connectivity index (χ2v) is 9.05. The molecule has 2 aliphatic rings. The van der Waals surface area contributed by atoms with E-state index in [-0.39, 0.29) is 17.1 Å². The molecule has 166 valence electrons. The molecule has 31 heavy (non-hydrogen) atoms. The van der Waals surface area contributed by atoms with E-state index in [0.29, 0.717) is 17.8 Å². The van der Waals surface area contributed by atoms with Crippen LogP contribution in [0, 0.1) is 17.7 Å². The number of hydrogen-bond donors (Lipinski definition) is 0. The minimum absolute atomic E-state index is 0.00960. The third-order valence-corrected chi connectivity index (χ3v) is 7.21. The molecule has 0 bridgehead atoms. The van der Waals surface area contributed by atoms with Crippen LogP contribution in [-0.4, -0.2) is 6.61 Å². The van der Waals surface area contributed by atoms with Gasteiger partial charge in [-0.2, -0.15) is 0 Å². The first-order valence-corrected chi connectivity index (χ1v) is 11.8. The SMILES string of the molecule is C=CCCC1=CCC(C2CCC(c3cc4ccc(OCC)c(F)c4c(=O)o3)CC2)CC1. The van der Waals surface area contributed by atoms with Gasteiger partial charge in [-0.15, -0.1) is 6.58 Å². The molecule has 3 nitrogen and oxygen atoms in total. The van der Waals surface area contributed by atoms with Gasteiger partial charge in [0.2, 0.25) is 0 Å². The molecular weight excluding hydrogens is 391 g/mol. The summed E-state index contributed by atoms with van der Waals surface area (Å²) >= 11 is 0. The first-order valence-electron chi connectivity index (χ1n) is 11.8. The van der Waals surface area contributed by atoms with Gasteiger partial charge < -0.3 is 9.15 Å². The van der Waals surface area contributed by atoms with Crippen LogP contribution in [0.15, 0.2) is 51.7 Å². The van der Waals surface area contributed by atoms with Crippen LogP contribution in [0.25, 0.3) is 10.8 Å². The molecule has 0 saturated heterocycles. The lowest BCUT2D eigenvalue weighted by Crippen LogP contribution is -2.23. The molecule has 2 aromatic rings. The maximum atomic E-state index is 14.6. The molecule has 4 heteroatoms. The molecule has 1 atom stereocenters. The van der Waals surface area contributed by atoms with Crippen molar-refractivity contribution in [1.29, 1.82) is 0 Å². The Labute approximate surface area is 184 Å². The summed E-state index contributed by atoms with van der Waals surface area (Å²) in [6.07, 6.45) is 14.8. The Bertz CT molecular complexity index is 1010. The van der Waals surface area contributed by atoms with Crippen molar-refractivity contribution in [2.75, 3.05) is 6.61 Å². The third-order valence-electron chi connectivity index (χ3n) is 7.21. The molecule has 2 aliphatic carbocycles. The Kier molecular flexibility index (Phi) is 6.94. The monoisotopic (exact) mass is 424 g/mol. The van der Waals surface area contributed by atoms with Crippen molar-refractivity contribution >= 4 is 10.8 Å². The van der Waals surface area contributed by atoms with Crippen molar-refractivity contribution in [3.63, 3.8) is 0 Å². The fraction of sp³-hybridized carbons (Fsp3) is 0.519. The number of halogens is 1. The molecule has 4 rings (SSSR count). The normalized spacial score (nSPS) is 24.1. The summed E-state index contributed by atoms with van der Waals surface area (Å²) < 4.78 is 25.5. The molecular formula is C27H33FO3. The van der Waals surface area contributed by atoms with Crippen LogP contribution >= 0.6 is 0 Å². The molecule has 0 spiro atoms. The first-order chi connectivity index (χ1) is 15.1. The minimum Gasteiger partial charge on any atom is -0.491 e. The Morgan fingerprint density at radius 1 is 1.19 bits per heavy atom.